The smallest absolute Gasteiger partial charge is 0.145 e. The molecule has 0 radical (unpaired) electrons. The van der Waals surface area contributed by atoms with Crippen LogP contribution in [0.4, 0.5) is 0 Å². The molecule has 0 N–H and O–H groups in total. The van der Waals surface area contributed by atoms with Crippen molar-refractivity contribution in [2.24, 2.45) is 0 Å². The summed E-state index contributed by atoms with van der Waals surface area (Å²) >= 11 is 0. The highest BCUT2D eigenvalue weighted by atomic mass is 15.1. The Morgan fingerprint density at radius 2 is 0.763 bits per heavy atom. The third-order valence-corrected chi connectivity index (χ3v) is 11.1. The average Bonchev–Trinajstić information content (AvgIpc) is 3.65. The van der Waals surface area contributed by atoms with Crippen molar-refractivity contribution >= 4 is 22.1 Å². The number of para-hydroxylation sites is 3. The number of hydrogen-bond donors (Lipinski definition) is 0. The van der Waals surface area contributed by atoms with E-state index in [1.54, 1.807) is 0 Å². The molecule has 2 aromatic heterocycles. The lowest BCUT2D eigenvalue weighted by Crippen LogP contribution is -1.99. The summed E-state index contributed by atoms with van der Waals surface area (Å²) in [5, 5.41) is 0. The van der Waals surface area contributed by atoms with Gasteiger partial charge in [0, 0.05) is 33.5 Å². The number of fused-ring (bicyclic) bond motifs is 2. The Bertz CT molecular complexity index is 3120. The summed E-state index contributed by atoms with van der Waals surface area (Å²) < 4.78 is 2.24. The Morgan fingerprint density at radius 1 is 0.339 bits per heavy atom. The summed E-state index contributed by atoms with van der Waals surface area (Å²) in [6.07, 6.45) is 0. The maximum absolute atomic E-state index is 5.62. The second kappa shape index (κ2) is 14.8. The van der Waals surface area contributed by atoms with Gasteiger partial charge in [0.2, 0.25) is 0 Å². The lowest BCUT2D eigenvalue weighted by atomic mass is 9.93. The van der Waals surface area contributed by atoms with Gasteiger partial charge in [0.1, 0.15) is 5.82 Å². The van der Waals surface area contributed by atoms with Crippen LogP contribution >= 0.6 is 0 Å². The molecule has 0 aliphatic carbocycles. The van der Waals surface area contributed by atoms with Crippen molar-refractivity contribution in [3.63, 3.8) is 0 Å². The lowest BCUT2D eigenvalue weighted by Gasteiger charge is -2.17. The van der Waals surface area contributed by atoms with E-state index < -0.39 is 0 Å². The zero-order chi connectivity index (χ0) is 40.0. The van der Waals surface area contributed by atoms with Gasteiger partial charge in [0.15, 0.2) is 0 Å². The molecular formula is C55H42N4. The molecule has 4 heteroatoms. The molecule has 0 aliphatic rings. The Hall–Kier alpha value is -7.43. The number of aromatic nitrogens is 4. The van der Waals surface area contributed by atoms with Crippen LogP contribution in [0.2, 0.25) is 0 Å². The molecule has 0 aliphatic heterocycles. The molecule has 0 saturated carbocycles. The van der Waals surface area contributed by atoms with Crippen LogP contribution in [0.15, 0.2) is 182 Å². The van der Waals surface area contributed by atoms with Crippen LogP contribution in [-0.2, 0) is 0 Å². The van der Waals surface area contributed by atoms with Gasteiger partial charge in [-0.25, -0.2) is 15.0 Å². The van der Waals surface area contributed by atoms with Crippen LogP contribution in [-0.4, -0.2) is 19.5 Å². The second-order valence-electron chi connectivity index (χ2n) is 15.6. The van der Waals surface area contributed by atoms with E-state index in [9.17, 15) is 0 Å². The van der Waals surface area contributed by atoms with Gasteiger partial charge >= 0.3 is 0 Å². The van der Waals surface area contributed by atoms with E-state index in [2.05, 4.69) is 196 Å². The van der Waals surface area contributed by atoms with Gasteiger partial charge in [-0.1, -0.05) is 180 Å². The van der Waals surface area contributed by atoms with Crippen LogP contribution in [0.1, 0.15) is 22.3 Å². The Kier molecular flexibility index (Phi) is 9.03. The molecule has 59 heavy (non-hydrogen) atoms. The van der Waals surface area contributed by atoms with Gasteiger partial charge < -0.3 is 0 Å². The quantitative estimate of drug-likeness (QED) is 0.163. The fourth-order valence-electron chi connectivity index (χ4n) is 8.55. The van der Waals surface area contributed by atoms with Crippen molar-refractivity contribution in [3.05, 3.63) is 204 Å². The van der Waals surface area contributed by atoms with Crippen molar-refractivity contribution < 1.29 is 0 Å². The summed E-state index contributed by atoms with van der Waals surface area (Å²) in [7, 11) is 0. The first kappa shape index (κ1) is 35.9. The molecule has 0 fully saturated rings. The van der Waals surface area contributed by atoms with Gasteiger partial charge in [0.05, 0.1) is 33.5 Å². The zero-order valence-electron chi connectivity index (χ0n) is 33.6. The fraction of sp³-hybridized carbons (Fsp3) is 0.0727. The van der Waals surface area contributed by atoms with E-state index in [0.29, 0.717) is 0 Å². The lowest BCUT2D eigenvalue weighted by molar-refractivity contribution is 1.10. The minimum absolute atomic E-state index is 0.855. The largest absolute Gasteiger partial charge is 0.292 e. The van der Waals surface area contributed by atoms with E-state index in [-0.39, 0.29) is 0 Å². The average molecular weight is 759 g/mol. The minimum Gasteiger partial charge on any atom is -0.292 e. The number of benzene rings is 8. The third-order valence-electron chi connectivity index (χ3n) is 11.1. The highest BCUT2D eigenvalue weighted by molar-refractivity contribution is 6.03. The summed E-state index contributed by atoms with van der Waals surface area (Å²) in [6, 6.07) is 64.6. The first-order valence-electron chi connectivity index (χ1n) is 20.2. The standard InChI is InChI=1S/C55H42N4/c1-35-29-36(2)32-44(31-35)47-27-28-48(45-33-37(3)30-38(4)34-45)54-53(47)57-51(41-13-7-5-8-14-41)52(58-54)42-23-19-39(20-24-42)40-21-25-43(26-22-40)55-56-49-17-11-12-18-50(49)59(55)46-15-9-6-10-16-46/h5-34H,1-4H3. The Labute approximate surface area is 345 Å². The summed E-state index contributed by atoms with van der Waals surface area (Å²) in [4.78, 5) is 16.3. The Morgan fingerprint density at radius 3 is 1.29 bits per heavy atom. The second-order valence-corrected chi connectivity index (χ2v) is 15.6. The SMILES string of the molecule is Cc1cc(C)cc(-c2ccc(-c3cc(C)cc(C)c3)c3nc(-c4ccc(-c5ccc(-c6nc7ccccc7n6-c6ccccc6)cc5)cc4)c(-c4ccccc4)nc23)c1. The topological polar surface area (TPSA) is 43.6 Å². The maximum atomic E-state index is 5.62. The van der Waals surface area contributed by atoms with E-state index in [4.69, 9.17) is 15.0 Å². The van der Waals surface area contributed by atoms with Crippen LogP contribution < -0.4 is 0 Å². The molecule has 10 aromatic rings. The number of imidazole rings is 1. The van der Waals surface area contributed by atoms with Crippen LogP contribution in [0.3, 0.4) is 0 Å². The van der Waals surface area contributed by atoms with Crippen molar-refractivity contribution in [1.29, 1.82) is 0 Å². The predicted molar refractivity (Wildman–Crippen MR) is 246 cm³/mol. The van der Waals surface area contributed by atoms with Crippen LogP contribution in [0, 0.1) is 27.7 Å². The summed E-state index contributed by atoms with van der Waals surface area (Å²) in [5.41, 5.74) is 21.3. The van der Waals surface area contributed by atoms with E-state index in [1.807, 2.05) is 18.2 Å². The van der Waals surface area contributed by atoms with E-state index >= 15 is 0 Å². The summed E-state index contributed by atoms with van der Waals surface area (Å²) in [5.74, 6) is 0.920. The fourth-order valence-corrected chi connectivity index (χ4v) is 8.55. The predicted octanol–water partition coefficient (Wildman–Crippen LogP) is 14.2. The number of nitrogens with zero attached hydrogens (tertiary/aromatic N) is 4. The van der Waals surface area contributed by atoms with Gasteiger partial charge in [-0.2, -0.15) is 0 Å². The molecular weight excluding hydrogens is 717 g/mol. The molecule has 10 rings (SSSR count). The number of hydrogen-bond acceptors (Lipinski definition) is 3. The van der Waals surface area contributed by atoms with E-state index in [1.165, 1.54) is 22.3 Å². The molecule has 0 amide bonds. The molecule has 8 aromatic carbocycles. The van der Waals surface area contributed by atoms with Crippen molar-refractivity contribution in [1.82, 2.24) is 19.5 Å². The van der Waals surface area contributed by atoms with Crippen molar-refractivity contribution in [3.8, 4) is 73.0 Å². The normalized spacial score (nSPS) is 11.4. The zero-order valence-corrected chi connectivity index (χ0v) is 33.6. The summed E-state index contributed by atoms with van der Waals surface area (Å²) in [6.45, 7) is 8.62. The highest BCUT2D eigenvalue weighted by Gasteiger charge is 2.20. The molecule has 0 bridgehead atoms. The van der Waals surface area contributed by atoms with Crippen LogP contribution in [0.25, 0.3) is 95.0 Å². The Balaban J connectivity index is 1.10. The van der Waals surface area contributed by atoms with Crippen LogP contribution in [0.5, 0.6) is 0 Å². The minimum atomic E-state index is 0.855. The first-order valence-corrected chi connectivity index (χ1v) is 20.2. The number of aryl methyl sites for hydroxylation is 4. The van der Waals surface area contributed by atoms with Gasteiger partial charge in [-0.05, 0) is 74.2 Å². The van der Waals surface area contributed by atoms with E-state index in [0.717, 1.165) is 95.0 Å². The van der Waals surface area contributed by atoms with Gasteiger partial charge in [0.25, 0.3) is 0 Å². The molecule has 0 spiro atoms. The monoisotopic (exact) mass is 758 g/mol. The van der Waals surface area contributed by atoms with Crippen molar-refractivity contribution in [2.45, 2.75) is 27.7 Å². The van der Waals surface area contributed by atoms with Gasteiger partial charge in [-0.3, -0.25) is 4.57 Å². The molecule has 282 valence electrons. The molecule has 4 nitrogen and oxygen atoms in total. The third kappa shape index (κ3) is 6.79. The highest BCUT2D eigenvalue weighted by Crippen LogP contribution is 2.40. The van der Waals surface area contributed by atoms with Gasteiger partial charge in [-0.15, -0.1) is 0 Å². The first-order chi connectivity index (χ1) is 28.9. The molecule has 2 heterocycles. The maximum Gasteiger partial charge on any atom is 0.145 e. The number of rotatable bonds is 7. The molecule has 0 atom stereocenters. The molecule has 0 saturated heterocycles. The van der Waals surface area contributed by atoms with Crippen molar-refractivity contribution in [2.75, 3.05) is 0 Å². The molecule has 0 unspecified atom stereocenters.